The summed E-state index contributed by atoms with van der Waals surface area (Å²) in [5, 5.41) is 9.47. The van der Waals surface area contributed by atoms with Crippen molar-refractivity contribution in [1.82, 2.24) is 0 Å². The fourth-order valence-electron chi connectivity index (χ4n) is 16.9. The van der Waals surface area contributed by atoms with Gasteiger partial charge in [-0.2, -0.15) is 0 Å². The second kappa shape index (κ2) is 45.6. The molecule has 0 radical (unpaired) electrons. The van der Waals surface area contributed by atoms with E-state index in [0.717, 1.165) is 112 Å². The molecule has 2 heteroatoms. The third-order valence-electron chi connectivity index (χ3n) is 18.9. The van der Waals surface area contributed by atoms with Crippen molar-refractivity contribution in [1.29, 1.82) is 0 Å². The van der Waals surface area contributed by atoms with Gasteiger partial charge in [-0.15, -0.1) is 0 Å². The van der Waals surface area contributed by atoms with Crippen LogP contribution in [0.3, 0.4) is 0 Å². The molecule has 2 unspecified atom stereocenters. The topological polar surface area (TPSA) is 0 Å². The molecule has 0 saturated heterocycles. The first kappa shape index (κ1) is 76.1. The Hall–Kier alpha value is 1.06. The Bertz CT molecular complexity index is 1220. The normalized spacial score (nSPS) is 18.2. The highest BCUT2D eigenvalue weighted by molar-refractivity contribution is 6.59. The zero-order valence-corrected chi connectivity index (χ0v) is 59.4. The van der Waals surface area contributed by atoms with Gasteiger partial charge in [-0.3, -0.25) is 0 Å². The minimum absolute atomic E-state index is 0.568. The third kappa shape index (κ3) is 46.3. The van der Waals surface area contributed by atoms with Crippen molar-refractivity contribution in [2.24, 2.45) is 112 Å². The van der Waals surface area contributed by atoms with Crippen molar-refractivity contribution in [3.63, 3.8) is 0 Å². The van der Waals surface area contributed by atoms with Crippen LogP contribution < -0.4 is 0 Å². The SMILES string of the molecule is CC[C@H](C)C[C@H](C)C[C@H](C)C[C@H](C)CC(CCCCC[CH2][Al]([CH2]C(C)C)[CH2]C(C)C)C[C@H](C)C[C@H](C)C[C@H](C)C[C@H](C)C[C@H](C)CC(CCCCC[CH2][Al]([CH2]C(C)C)[CH2]C(C)C)C[C@H](C)C[C@H](C)C[C@H](C)CC(C)C. The maximum Gasteiger partial charge on any atom is 0.262 e. The molecule has 448 valence electrons. The molecular formula is C73H150Al2. The highest BCUT2D eigenvalue weighted by atomic mass is 27.2. The third-order valence-corrected chi connectivity index (χ3v) is 27.8. The van der Waals surface area contributed by atoms with E-state index in [1.54, 1.807) is 31.7 Å². The molecule has 0 aliphatic rings. The lowest BCUT2D eigenvalue weighted by Crippen LogP contribution is -2.17. The van der Waals surface area contributed by atoms with Crippen LogP contribution in [0.25, 0.3) is 0 Å². The fourth-order valence-corrected chi connectivity index (χ4v) is 25.3. The van der Waals surface area contributed by atoms with E-state index >= 15 is 0 Å². The maximum atomic E-state index is 2.65. The van der Waals surface area contributed by atoms with Gasteiger partial charge in [0.25, 0.3) is 28.3 Å². The molecule has 0 heterocycles. The van der Waals surface area contributed by atoms with Crippen molar-refractivity contribution >= 4 is 28.3 Å². The zero-order valence-electron chi connectivity index (χ0n) is 57.0. The summed E-state index contributed by atoms with van der Waals surface area (Å²) in [7, 11) is 0. The van der Waals surface area contributed by atoms with Crippen LogP contribution in [0.4, 0.5) is 0 Å². The summed E-state index contributed by atoms with van der Waals surface area (Å²) in [6.45, 7) is 58.0. The molecule has 75 heavy (non-hydrogen) atoms. The molecule has 0 bridgehead atoms. The van der Waals surface area contributed by atoms with Gasteiger partial charge >= 0.3 is 0 Å². The predicted octanol–water partition coefficient (Wildman–Crippen LogP) is 25.9. The maximum absolute atomic E-state index is 2.65. The summed E-state index contributed by atoms with van der Waals surface area (Å²) in [6, 6.07) is 0. The van der Waals surface area contributed by atoms with E-state index in [1.165, 1.54) is 161 Å². The van der Waals surface area contributed by atoms with Crippen LogP contribution in [0.5, 0.6) is 0 Å². The molecule has 0 saturated carbocycles. The molecule has 0 aliphatic carbocycles. The Labute approximate surface area is 489 Å². The van der Waals surface area contributed by atoms with Crippen molar-refractivity contribution in [2.75, 3.05) is 0 Å². The fraction of sp³-hybridized carbons (Fsp3) is 1.00. The molecule has 0 aliphatic heterocycles. The van der Waals surface area contributed by atoms with Gasteiger partial charge in [-0.25, -0.2) is 0 Å². The number of hydrogen-bond donors (Lipinski definition) is 0. The molecule has 0 aromatic heterocycles. The van der Waals surface area contributed by atoms with Gasteiger partial charge < -0.3 is 0 Å². The molecule has 0 N–H and O–H groups in total. The number of unbranched alkanes of at least 4 members (excludes halogenated alkanes) is 6. The second-order valence-corrected chi connectivity index (χ2v) is 38.8. The van der Waals surface area contributed by atoms with Crippen molar-refractivity contribution in [2.45, 2.75) is 351 Å². The van der Waals surface area contributed by atoms with Crippen LogP contribution >= 0.6 is 0 Å². The van der Waals surface area contributed by atoms with E-state index in [2.05, 4.69) is 159 Å². The van der Waals surface area contributed by atoms with Gasteiger partial charge in [0.1, 0.15) is 0 Å². The van der Waals surface area contributed by atoms with E-state index in [1.807, 2.05) is 0 Å². The molecule has 14 atom stereocenters. The lowest BCUT2D eigenvalue weighted by molar-refractivity contribution is 0.226. The van der Waals surface area contributed by atoms with Gasteiger partial charge in [0.05, 0.1) is 0 Å². The van der Waals surface area contributed by atoms with Gasteiger partial charge in [0, 0.05) is 0 Å². The molecule has 0 aromatic rings. The summed E-state index contributed by atoms with van der Waals surface area (Å²) in [5.74, 6) is 16.6. The van der Waals surface area contributed by atoms with E-state index in [-0.39, 0.29) is 0 Å². The van der Waals surface area contributed by atoms with Gasteiger partial charge in [-0.1, -0.05) is 285 Å². The van der Waals surface area contributed by atoms with E-state index in [0.29, 0.717) is 0 Å². The van der Waals surface area contributed by atoms with Gasteiger partial charge in [0.15, 0.2) is 0 Å². The zero-order chi connectivity index (χ0) is 57.0. The average Bonchev–Trinajstić information content (AvgIpc) is 3.23. The smallest absolute Gasteiger partial charge is 0.0938 e. The molecule has 0 nitrogen and oxygen atoms in total. The predicted molar refractivity (Wildman–Crippen MR) is 353 cm³/mol. The van der Waals surface area contributed by atoms with E-state index < -0.39 is 28.3 Å². The summed E-state index contributed by atoms with van der Waals surface area (Å²) in [4.78, 5) is 0. The first-order valence-corrected chi connectivity index (χ1v) is 40.0. The Balaban J connectivity index is 5.49. The van der Waals surface area contributed by atoms with Crippen molar-refractivity contribution < 1.29 is 0 Å². The summed E-state index contributed by atoms with van der Waals surface area (Å²) in [5.41, 5.74) is 0. The van der Waals surface area contributed by atoms with Crippen LogP contribution in [-0.2, 0) is 0 Å². The van der Waals surface area contributed by atoms with Crippen LogP contribution in [-0.4, -0.2) is 28.3 Å². The lowest BCUT2D eigenvalue weighted by Gasteiger charge is -2.29. The minimum atomic E-state index is -0.570. The molecule has 0 amide bonds. The summed E-state index contributed by atoms with van der Waals surface area (Å²) in [6.07, 6.45) is 36.4. The Morgan fingerprint density at radius 3 is 0.653 bits per heavy atom. The number of hydrogen-bond acceptors (Lipinski definition) is 0. The standard InChI is InChI=1S/C57H114.4C4H9.2Al/c1-18-21-23-25-27-56(39-52(14)35-47(9)31-45(7)29-43(4)5)41-54(16)37-50(12)33-48(10)34-51(13)38-55(17)42-57(28-26-24-22-19-2)40-53(15)36-49(11)32-46(8)30-44(6)20-3;4*1-4(2)3;;/h43-57H,1-2,18-42H2,3-17H3;4*4H,1H2,2-3H3;;/t44-,45+,46-,47+,48+,49-,50-,51+,52+,53-,54-,55+,56?,57?;;;;;;/m0....../s1. The summed E-state index contributed by atoms with van der Waals surface area (Å²) < 4.78 is 0. The molecule has 0 fully saturated rings. The lowest BCUT2D eigenvalue weighted by atomic mass is 9.77. The Morgan fingerprint density at radius 1 is 0.213 bits per heavy atom. The van der Waals surface area contributed by atoms with E-state index in [9.17, 15) is 0 Å². The largest absolute Gasteiger partial charge is 0.262 e. The first-order valence-electron chi connectivity index (χ1n) is 35.1. The second-order valence-electron chi connectivity index (χ2n) is 32.3. The average molecular weight is 1080 g/mol. The molecule has 0 rings (SSSR count). The highest BCUT2D eigenvalue weighted by Crippen LogP contribution is 2.37. The van der Waals surface area contributed by atoms with Crippen molar-refractivity contribution in [3.8, 4) is 0 Å². The molecule has 0 aromatic carbocycles. The highest BCUT2D eigenvalue weighted by Gasteiger charge is 2.26. The van der Waals surface area contributed by atoms with Crippen LogP contribution in [0, 0.1) is 112 Å². The Morgan fingerprint density at radius 2 is 0.427 bits per heavy atom. The van der Waals surface area contributed by atoms with Crippen LogP contribution in [0.15, 0.2) is 0 Å². The van der Waals surface area contributed by atoms with Crippen LogP contribution in [0.2, 0.25) is 31.7 Å². The first-order chi connectivity index (χ1) is 35.1. The molecular weight excluding hydrogens is 931 g/mol. The monoisotopic (exact) mass is 1080 g/mol. The van der Waals surface area contributed by atoms with Crippen LogP contribution in [0.1, 0.15) is 320 Å². The summed E-state index contributed by atoms with van der Waals surface area (Å²) >= 11 is -1.14. The van der Waals surface area contributed by atoms with Gasteiger partial charge in [0.2, 0.25) is 0 Å². The van der Waals surface area contributed by atoms with E-state index in [4.69, 9.17) is 0 Å². The minimum Gasteiger partial charge on any atom is -0.0938 e. The van der Waals surface area contributed by atoms with Crippen molar-refractivity contribution in [3.05, 3.63) is 0 Å². The molecule has 0 spiro atoms. The Kier molecular flexibility index (Phi) is 46.2. The van der Waals surface area contributed by atoms with Gasteiger partial charge in [-0.05, 0) is 179 Å². The quantitative estimate of drug-likeness (QED) is 0.0421. The number of rotatable bonds is 51.